The SMILES string of the molecule is COc1ccc2nc(C(F)(F)F)n(CC(=O)N3CC[C@H](NCc4ccon4)C[C@H]3c3ncc(-c4cc5ccccc5nc4OC)[nH]3)c2c1. The number of nitrogens with zero attached hydrogens (tertiary/aromatic N) is 6. The van der Waals surface area contributed by atoms with Gasteiger partial charge in [0.2, 0.25) is 17.6 Å². The van der Waals surface area contributed by atoms with Crippen molar-refractivity contribution in [3.8, 4) is 22.9 Å². The molecule has 2 atom stereocenters. The standard InChI is InChI=1S/C33H31F3N8O4/c1-46-22-7-8-25-27(15-22)44(32(41-25)33(34,35)36)18-29(45)43-11-9-20(37-16-21-10-12-48-42-21)14-28(43)30-38-17-26(39-30)23-13-19-5-3-4-6-24(19)40-31(23)47-2/h3-8,10,12-13,15,17,20,28,37H,9,11,14,16,18H2,1-2H3,(H,38,39)/t20-,28-/m0/s1. The van der Waals surface area contributed by atoms with Crippen molar-refractivity contribution in [3.63, 3.8) is 0 Å². The molecule has 4 aromatic heterocycles. The van der Waals surface area contributed by atoms with Crippen molar-refractivity contribution in [1.29, 1.82) is 0 Å². The van der Waals surface area contributed by atoms with Crippen LogP contribution < -0.4 is 14.8 Å². The molecular weight excluding hydrogens is 629 g/mol. The van der Waals surface area contributed by atoms with E-state index in [1.54, 1.807) is 17.2 Å². The first-order valence-corrected chi connectivity index (χ1v) is 15.2. The number of carbonyl (C=O) groups excluding carboxylic acids is 1. The Kier molecular flexibility index (Phi) is 8.21. The van der Waals surface area contributed by atoms with Gasteiger partial charge in [0.05, 0.1) is 60.0 Å². The topological polar surface area (TPSA) is 136 Å². The molecule has 248 valence electrons. The van der Waals surface area contributed by atoms with Crippen molar-refractivity contribution >= 4 is 27.8 Å². The number of methoxy groups -OCH3 is 2. The maximum absolute atomic E-state index is 14.2. The van der Waals surface area contributed by atoms with Gasteiger partial charge in [-0.15, -0.1) is 0 Å². The van der Waals surface area contributed by atoms with Crippen molar-refractivity contribution in [2.24, 2.45) is 0 Å². The minimum atomic E-state index is -4.78. The number of aromatic amines is 1. The van der Waals surface area contributed by atoms with Gasteiger partial charge >= 0.3 is 6.18 Å². The van der Waals surface area contributed by atoms with Gasteiger partial charge in [-0.1, -0.05) is 23.4 Å². The number of piperidine rings is 1. The second kappa shape index (κ2) is 12.6. The van der Waals surface area contributed by atoms with Gasteiger partial charge in [0.15, 0.2) is 0 Å². The molecule has 1 fully saturated rings. The number of carbonyl (C=O) groups is 1. The summed E-state index contributed by atoms with van der Waals surface area (Å²) in [6.07, 6.45) is -0.649. The molecule has 2 aromatic carbocycles. The number of hydrogen-bond acceptors (Lipinski definition) is 9. The monoisotopic (exact) mass is 660 g/mol. The molecule has 1 aliphatic heterocycles. The van der Waals surface area contributed by atoms with Crippen LogP contribution in [0.5, 0.6) is 11.6 Å². The molecule has 0 unspecified atom stereocenters. The molecule has 1 aliphatic rings. The van der Waals surface area contributed by atoms with E-state index in [2.05, 4.69) is 30.4 Å². The summed E-state index contributed by atoms with van der Waals surface area (Å²) in [7, 11) is 2.96. The lowest BCUT2D eigenvalue weighted by Crippen LogP contribution is -2.48. The first-order chi connectivity index (χ1) is 23.2. The van der Waals surface area contributed by atoms with Crippen LogP contribution in [0, 0.1) is 0 Å². The van der Waals surface area contributed by atoms with Crippen LogP contribution in [0.1, 0.15) is 36.2 Å². The number of ether oxygens (including phenoxy) is 2. The first-order valence-electron chi connectivity index (χ1n) is 15.2. The highest BCUT2D eigenvalue weighted by molar-refractivity contribution is 5.85. The third-order valence-corrected chi connectivity index (χ3v) is 8.57. The largest absolute Gasteiger partial charge is 0.497 e. The fraction of sp³-hybridized carbons (Fsp3) is 0.303. The Balaban J connectivity index is 1.23. The van der Waals surface area contributed by atoms with Gasteiger partial charge in [-0.2, -0.15) is 13.2 Å². The van der Waals surface area contributed by atoms with Crippen molar-refractivity contribution in [1.82, 2.24) is 39.9 Å². The summed E-state index contributed by atoms with van der Waals surface area (Å²) in [5.41, 5.74) is 3.05. The fourth-order valence-electron chi connectivity index (χ4n) is 6.21. The minimum Gasteiger partial charge on any atom is -0.497 e. The highest BCUT2D eigenvalue weighted by Crippen LogP contribution is 2.36. The molecule has 0 radical (unpaired) electrons. The highest BCUT2D eigenvalue weighted by Gasteiger charge is 2.40. The maximum Gasteiger partial charge on any atom is 0.449 e. The number of fused-ring (bicyclic) bond motifs is 2. The van der Waals surface area contributed by atoms with E-state index in [1.807, 2.05) is 30.3 Å². The average molecular weight is 661 g/mol. The number of hydrogen-bond donors (Lipinski definition) is 2. The lowest BCUT2D eigenvalue weighted by Gasteiger charge is -2.39. The molecule has 15 heteroatoms. The number of nitrogens with one attached hydrogen (secondary N) is 2. The van der Waals surface area contributed by atoms with E-state index in [1.165, 1.54) is 38.7 Å². The summed E-state index contributed by atoms with van der Waals surface area (Å²) in [6.45, 7) is 0.138. The Morgan fingerprint density at radius 2 is 1.94 bits per heavy atom. The second-order valence-electron chi connectivity index (χ2n) is 11.5. The van der Waals surface area contributed by atoms with Crippen molar-refractivity contribution in [2.75, 3.05) is 20.8 Å². The van der Waals surface area contributed by atoms with E-state index in [0.29, 0.717) is 48.1 Å². The number of halogens is 3. The summed E-state index contributed by atoms with van der Waals surface area (Å²) < 4.78 is 59.3. The predicted octanol–water partition coefficient (Wildman–Crippen LogP) is 5.52. The minimum absolute atomic E-state index is 0.0507. The van der Waals surface area contributed by atoms with Gasteiger partial charge in [0.1, 0.15) is 24.4 Å². The number of benzene rings is 2. The molecule has 6 aromatic rings. The number of rotatable bonds is 9. The molecule has 0 spiro atoms. The number of H-pyrrole nitrogens is 1. The molecule has 48 heavy (non-hydrogen) atoms. The van der Waals surface area contributed by atoms with Gasteiger partial charge in [-0.3, -0.25) is 4.79 Å². The van der Waals surface area contributed by atoms with Crippen LogP contribution in [0.25, 0.3) is 33.2 Å². The average Bonchev–Trinajstić information content (AvgIpc) is 3.87. The smallest absolute Gasteiger partial charge is 0.449 e. The zero-order valence-electron chi connectivity index (χ0n) is 26.0. The van der Waals surface area contributed by atoms with Gasteiger partial charge in [0, 0.05) is 36.7 Å². The maximum atomic E-state index is 14.2. The van der Waals surface area contributed by atoms with Crippen molar-refractivity contribution in [2.45, 2.75) is 44.2 Å². The highest BCUT2D eigenvalue weighted by atomic mass is 19.4. The zero-order chi connectivity index (χ0) is 33.4. The van der Waals surface area contributed by atoms with E-state index in [9.17, 15) is 18.0 Å². The molecule has 0 saturated carbocycles. The van der Waals surface area contributed by atoms with Gasteiger partial charge < -0.3 is 33.8 Å². The van der Waals surface area contributed by atoms with Gasteiger partial charge in [-0.05, 0) is 37.1 Å². The quantitative estimate of drug-likeness (QED) is 0.205. The van der Waals surface area contributed by atoms with E-state index in [-0.39, 0.29) is 23.6 Å². The molecular formula is C33H31F3N8O4. The summed E-state index contributed by atoms with van der Waals surface area (Å²) >= 11 is 0. The van der Waals surface area contributed by atoms with Crippen LogP contribution in [-0.2, 0) is 24.1 Å². The van der Waals surface area contributed by atoms with Crippen LogP contribution in [0.4, 0.5) is 13.2 Å². The molecule has 0 aliphatic carbocycles. The molecule has 1 saturated heterocycles. The van der Waals surface area contributed by atoms with E-state index < -0.39 is 30.5 Å². The number of amides is 1. The van der Waals surface area contributed by atoms with Gasteiger partial charge in [-0.25, -0.2) is 15.0 Å². The lowest BCUT2D eigenvalue weighted by atomic mass is 9.96. The Hall–Kier alpha value is -5.44. The summed E-state index contributed by atoms with van der Waals surface area (Å²) in [6, 6.07) is 15.1. The van der Waals surface area contributed by atoms with E-state index in [4.69, 9.17) is 14.0 Å². The molecule has 0 bridgehead atoms. The van der Waals surface area contributed by atoms with E-state index >= 15 is 0 Å². The summed E-state index contributed by atoms with van der Waals surface area (Å²) in [5, 5.41) is 8.32. The predicted molar refractivity (Wildman–Crippen MR) is 168 cm³/mol. The van der Waals surface area contributed by atoms with Crippen LogP contribution in [-0.4, -0.2) is 67.3 Å². The lowest BCUT2D eigenvalue weighted by molar-refractivity contribution is -0.148. The molecule has 1 amide bonds. The van der Waals surface area contributed by atoms with Crippen molar-refractivity contribution < 1.29 is 32.0 Å². The fourth-order valence-corrected chi connectivity index (χ4v) is 6.21. The van der Waals surface area contributed by atoms with E-state index in [0.717, 1.165) is 21.2 Å². The second-order valence-corrected chi connectivity index (χ2v) is 11.5. The number of alkyl halides is 3. The normalized spacial score (nSPS) is 16.9. The van der Waals surface area contributed by atoms with Crippen LogP contribution in [0.3, 0.4) is 0 Å². The number of pyridine rings is 1. The third-order valence-electron chi connectivity index (χ3n) is 8.57. The zero-order valence-corrected chi connectivity index (χ0v) is 26.0. The summed E-state index contributed by atoms with van der Waals surface area (Å²) in [5.74, 6) is -0.436. The third kappa shape index (κ3) is 6.03. The first kappa shape index (κ1) is 31.2. The molecule has 2 N–H and O–H groups in total. The number of likely N-dealkylation sites (tertiary alicyclic amines) is 1. The van der Waals surface area contributed by atoms with Crippen LogP contribution in [0.2, 0.25) is 0 Å². The Morgan fingerprint density at radius 3 is 2.71 bits per heavy atom. The van der Waals surface area contributed by atoms with Crippen molar-refractivity contribution in [3.05, 3.63) is 84.4 Å². The number of imidazole rings is 2. The Labute approximate surface area is 271 Å². The Bertz CT molecular complexity index is 2070. The molecule has 5 heterocycles. The Morgan fingerprint density at radius 1 is 1.08 bits per heavy atom. The summed E-state index contributed by atoms with van der Waals surface area (Å²) in [4.78, 5) is 32.1. The molecule has 7 rings (SSSR count). The van der Waals surface area contributed by atoms with Crippen LogP contribution in [0.15, 0.2) is 71.6 Å². The van der Waals surface area contributed by atoms with Crippen LogP contribution >= 0.6 is 0 Å². The number of aromatic nitrogens is 6. The molecule has 12 nitrogen and oxygen atoms in total. The number of para-hydroxylation sites is 1. The van der Waals surface area contributed by atoms with Gasteiger partial charge in [0.25, 0.3) is 0 Å².